The molecule has 0 fully saturated rings. The summed E-state index contributed by atoms with van der Waals surface area (Å²) in [7, 11) is 0. The van der Waals surface area contributed by atoms with E-state index < -0.39 is 0 Å². The lowest BCUT2D eigenvalue weighted by molar-refractivity contribution is 0.269. The summed E-state index contributed by atoms with van der Waals surface area (Å²) in [5.41, 5.74) is 2.62. The highest BCUT2D eigenvalue weighted by Gasteiger charge is 2.13. The van der Waals surface area contributed by atoms with E-state index in [1.54, 1.807) is 4.68 Å². The van der Waals surface area contributed by atoms with Crippen molar-refractivity contribution < 1.29 is 4.74 Å². The van der Waals surface area contributed by atoms with Crippen molar-refractivity contribution in [3.05, 3.63) is 54.4 Å². The minimum atomic E-state index is 0.562. The Morgan fingerprint density at radius 1 is 1.32 bits per heavy atom. The summed E-state index contributed by atoms with van der Waals surface area (Å²) in [5.74, 6) is 0.650. The third-order valence-corrected chi connectivity index (χ3v) is 2.76. The Balaban J connectivity index is 2.15. The molecule has 2 heterocycles. The third-order valence-electron chi connectivity index (χ3n) is 2.76. The van der Waals surface area contributed by atoms with Crippen LogP contribution < -0.4 is 5.32 Å². The SMILES string of the molecule is CCOC(=C1C=CC=CN1)n1nnc2ccccc21. The molecule has 1 N–H and O–H groups in total. The standard InChI is InChI=1S/C14H14N4O/c1-2-19-14(12-8-5-6-10-15-12)18-13-9-4-3-7-11(13)16-17-18/h3-10,15H,2H2,1H3. The number of ether oxygens (including phenoxy) is 1. The van der Waals surface area contributed by atoms with Crippen molar-refractivity contribution in [3.8, 4) is 0 Å². The molecule has 1 aromatic carbocycles. The van der Waals surface area contributed by atoms with Gasteiger partial charge in [-0.3, -0.25) is 0 Å². The Bertz CT molecular complexity index is 682. The highest BCUT2D eigenvalue weighted by Crippen LogP contribution is 2.19. The smallest absolute Gasteiger partial charge is 0.240 e. The monoisotopic (exact) mass is 254 g/mol. The zero-order chi connectivity index (χ0) is 13.1. The minimum Gasteiger partial charge on any atom is -0.476 e. The first-order chi connectivity index (χ1) is 9.40. The number of benzene rings is 1. The van der Waals surface area contributed by atoms with E-state index in [0.29, 0.717) is 12.5 Å². The van der Waals surface area contributed by atoms with Crippen LogP contribution in [0.4, 0.5) is 0 Å². The first-order valence-corrected chi connectivity index (χ1v) is 6.18. The fraction of sp³-hybridized carbons (Fsp3) is 0.143. The fourth-order valence-electron chi connectivity index (χ4n) is 1.94. The zero-order valence-electron chi connectivity index (χ0n) is 10.6. The lowest BCUT2D eigenvalue weighted by Crippen LogP contribution is -2.14. The van der Waals surface area contributed by atoms with Gasteiger partial charge in [-0.15, -0.1) is 5.10 Å². The average molecular weight is 254 g/mol. The van der Waals surface area contributed by atoms with Gasteiger partial charge in [-0.05, 0) is 31.2 Å². The maximum absolute atomic E-state index is 5.73. The molecule has 1 aliphatic heterocycles. The Morgan fingerprint density at radius 2 is 2.21 bits per heavy atom. The summed E-state index contributed by atoms with van der Waals surface area (Å²) in [6, 6.07) is 7.80. The lowest BCUT2D eigenvalue weighted by atomic mass is 10.3. The van der Waals surface area contributed by atoms with Crippen LogP contribution in [0.25, 0.3) is 16.9 Å². The summed E-state index contributed by atoms with van der Waals surface area (Å²) in [6.45, 7) is 2.51. The summed E-state index contributed by atoms with van der Waals surface area (Å²) in [4.78, 5) is 0. The maximum Gasteiger partial charge on any atom is 0.240 e. The van der Waals surface area contributed by atoms with E-state index in [1.807, 2.05) is 55.6 Å². The van der Waals surface area contributed by atoms with E-state index in [9.17, 15) is 0 Å². The van der Waals surface area contributed by atoms with Crippen molar-refractivity contribution in [2.75, 3.05) is 6.61 Å². The maximum atomic E-state index is 5.73. The second kappa shape index (κ2) is 4.97. The lowest BCUT2D eigenvalue weighted by Gasteiger charge is -2.14. The number of dihydropyridines is 1. The van der Waals surface area contributed by atoms with Crippen LogP contribution in [-0.4, -0.2) is 21.6 Å². The number of allylic oxidation sites excluding steroid dienone is 3. The second-order valence-corrected chi connectivity index (χ2v) is 4.00. The number of hydrogen-bond acceptors (Lipinski definition) is 4. The predicted octanol–water partition coefficient (Wildman–Crippen LogP) is 2.27. The van der Waals surface area contributed by atoms with Crippen LogP contribution in [-0.2, 0) is 4.74 Å². The van der Waals surface area contributed by atoms with Crippen LogP contribution in [0, 0.1) is 0 Å². The van der Waals surface area contributed by atoms with Crippen LogP contribution >= 0.6 is 0 Å². The molecular formula is C14H14N4O. The van der Waals surface area contributed by atoms with Crippen molar-refractivity contribution in [3.63, 3.8) is 0 Å². The average Bonchev–Trinajstić information content (AvgIpc) is 2.89. The highest BCUT2D eigenvalue weighted by atomic mass is 16.5. The molecule has 1 aliphatic rings. The van der Waals surface area contributed by atoms with Gasteiger partial charge in [-0.2, -0.15) is 4.68 Å². The van der Waals surface area contributed by atoms with Crippen LogP contribution in [0.2, 0.25) is 0 Å². The van der Waals surface area contributed by atoms with Crippen molar-refractivity contribution in [2.24, 2.45) is 0 Å². The highest BCUT2D eigenvalue weighted by molar-refractivity contribution is 5.77. The van der Waals surface area contributed by atoms with Gasteiger partial charge in [0.15, 0.2) is 0 Å². The molecule has 0 radical (unpaired) electrons. The molecule has 96 valence electrons. The van der Waals surface area contributed by atoms with Gasteiger partial charge in [-0.1, -0.05) is 23.4 Å². The van der Waals surface area contributed by atoms with Gasteiger partial charge in [0, 0.05) is 6.20 Å². The van der Waals surface area contributed by atoms with E-state index in [1.165, 1.54) is 0 Å². The summed E-state index contributed by atoms with van der Waals surface area (Å²) in [6.07, 6.45) is 7.67. The molecule has 19 heavy (non-hydrogen) atoms. The number of rotatable bonds is 3. The molecule has 0 unspecified atom stereocenters. The van der Waals surface area contributed by atoms with Crippen LogP contribution in [0.5, 0.6) is 0 Å². The topological polar surface area (TPSA) is 52.0 Å². The molecule has 5 nitrogen and oxygen atoms in total. The molecule has 0 amide bonds. The van der Waals surface area contributed by atoms with E-state index in [2.05, 4.69) is 15.6 Å². The molecule has 3 rings (SSSR count). The normalized spacial score (nSPS) is 16.5. The Labute approximate surface area is 110 Å². The van der Waals surface area contributed by atoms with Gasteiger partial charge in [0.05, 0.1) is 12.1 Å². The molecule has 0 atom stereocenters. The third kappa shape index (κ3) is 2.10. The molecular weight excluding hydrogens is 240 g/mol. The van der Waals surface area contributed by atoms with E-state index in [0.717, 1.165) is 16.7 Å². The number of nitrogens with one attached hydrogen (secondary N) is 1. The summed E-state index contributed by atoms with van der Waals surface area (Å²) >= 11 is 0. The molecule has 0 bridgehead atoms. The van der Waals surface area contributed by atoms with E-state index in [-0.39, 0.29) is 0 Å². The number of fused-ring (bicyclic) bond motifs is 1. The minimum absolute atomic E-state index is 0.562. The zero-order valence-corrected chi connectivity index (χ0v) is 10.6. The first kappa shape index (κ1) is 11.5. The molecule has 1 aromatic heterocycles. The molecule has 2 aromatic rings. The molecule has 0 saturated heterocycles. The number of hydrogen-bond donors (Lipinski definition) is 1. The van der Waals surface area contributed by atoms with Gasteiger partial charge in [-0.25, -0.2) is 0 Å². The first-order valence-electron chi connectivity index (χ1n) is 6.18. The van der Waals surface area contributed by atoms with Crippen molar-refractivity contribution in [1.82, 2.24) is 20.3 Å². The largest absolute Gasteiger partial charge is 0.476 e. The Hall–Kier alpha value is -2.56. The van der Waals surface area contributed by atoms with Crippen LogP contribution in [0.3, 0.4) is 0 Å². The summed E-state index contributed by atoms with van der Waals surface area (Å²) < 4.78 is 7.44. The Kier molecular flexibility index (Phi) is 3.02. The Morgan fingerprint density at radius 3 is 3.00 bits per heavy atom. The van der Waals surface area contributed by atoms with Gasteiger partial charge in [0.2, 0.25) is 5.88 Å². The number of nitrogens with zero attached hydrogens (tertiary/aromatic N) is 3. The fourth-order valence-corrected chi connectivity index (χ4v) is 1.94. The van der Waals surface area contributed by atoms with Gasteiger partial charge in [0.25, 0.3) is 0 Å². The quantitative estimate of drug-likeness (QED) is 0.854. The summed E-state index contributed by atoms with van der Waals surface area (Å²) in [5, 5.41) is 11.5. The van der Waals surface area contributed by atoms with Gasteiger partial charge in [0.1, 0.15) is 11.2 Å². The van der Waals surface area contributed by atoms with Crippen molar-refractivity contribution in [2.45, 2.75) is 6.92 Å². The molecule has 0 spiro atoms. The predicted molar refractivity (Wildman–Crippen MR) is 73.8 cm³/mol. The second-order valence-electron chi connectivity index (χ2n) is 4.00. The van der Waals surface area contributed by atoms with Crippen molar-refractivity contribution in [1.29, 1.82) is 0 Å². The van der Waals surface area contributed by atoms with Gasteiger partial charge >= 0.3 is 0 Å². The number of aromatic nitrogens is 3. The van der Waals surface area contributed by atoms with E-state index >= 15 is 0 Å². The van der Waals surface area contributed by atoms with Crippen LogP contribution in [0.1, 0.15) is 6.92 Å². The number of para-hydroxylation sites is 1. The van der Waals surface area contributed by atoms with Gasteiger partial charge < -0.3 is 10.1 Å². The molecule has 0 saturated carbocycles. The molecule has 0 aliphatic carbocycles. The van der Waals surface area contributed by atoms with Crippen LogP contribution in [0.15, 0.2) is 54.4 Å². The van der Waals surface area contributed by atoms with E-state index in [4.69, 9.17) is 4.74 Å². The van der Waals surface area contributed by atoms with Crippen molar-refractivity contribution >= 4 is 16.9 Å². The molecule has 5 heteroatoms.